The molecule has 11 rings (SSSR count). The van der Waals surface area contributed by atoms with E-state index in [1.165, 1.54) is 30.9 Å². The maximum absolute atomic E-state index is 6.88. The molecule has 0 aliphatic heterocycles. The van der Waals surface area contributed by atoms with Crippen LogP contribution in [0.4, 0.5) is 17.1 Å². The van der Waals surface area contributed by atoms with E-state index in [4.69, 9.17) is 9.40 Å². The van der Waals surface area contributed by atoms with Crippen molar-refractivity contribution in [3.8, 4) is 33.4 Å². The van der Waals surface area contributed by atoms with Crippen molar-refractivity contribution in [2.75, 3.05) is 4.90 Å². The molecule has 11 aromatic rings. The van der Waals surface area contributed by atoms with Gasteiger partial charge < -0.3 is 9.32 Å². The predicted molar refractivity (Wildman–Crippen MR) is 233 cm³/mol. The lowest BCUT2D eigenvalue weighted by molar-refractivity contribution is 0.670. The van der Waals surface area contributed by atoms with Gasteiger partial charge in [0.05, 0.1) is 0 Å². The molecule has 0 aliphatic rings. The van der Waals surface area contributed by atoms with Crippen LogP contribution >= 0.6 is 11.3 Å². The molecule has 0 saturated carbocycles. The summed E-state index contributed by atoms with van der Waals surface area (Å²) in [6.45, 7) is 0. The van der Waals surface area contributed by atoms with Crippen LogP contribution in [-0.4, -0.2) is 4.98 Å². The zero-order chi connectivity index (χ0) is 36.3. The summed E-state index contributed by atoms with van der Waals surface area (Å²) >= 11 is 1.84. The fraction of sp³-hybridized carbons (Fsp3) is 0. The van der Waals surface area contributed by atoms with Gasteiger partial charge in [-0.15, -0.1) is 11.3 Å². The third-order valence-electron chi connectivity index (χ3n) is 10.7. The molecule has 0 radical (unpaired) electrons. The minimum atomic E-state index is 0.860. The molecule has 0 bridgehead atoms. The van der Waals surface area contributed by atoms with Gasteiger partial charge in [0.25, 0.3) is 0 Å². The molecule has 55 heavy (non-hydrogen) atoms. The molecule has 3 heterocycles. The number of rotatable bonds is 6. The smallest absolute Gasteiger partial charge is 0.143 e. The molecule has 0 atom stereocenters. The zero-order valence-electron chi connectivity index (χ0n) is 29.7. The standard InChI is InChI=1S/C51H32N2OS/c1-3-12-33(13-4-1)36-28-37(32-52-31-36)42-19-11-20-46-49(42)50-41-17-8-7-14-35(41)29-44(51(50)54-46)34-22-24-39(25-23-34)53(38-15-5-2-6-16-38)40-26-27-48-45(30-40)43-18-9-10-21-47(43)55-48/h1-32H. The molecule has 0 spiro atoms. The Morgan fingerprint density at radius 1 is 0.418 bits per heavy atom. The SMILES string of the molecule is c1ccc(-c2cncc(-c3cccc4oc5c(-c6ccc(N(c7ccccc7)c7ccc8sc9ccccc9c8c7)cc6)cc6ccccc6c5c34)c2)cc1. The van der Waals surface area contributed by atoms with Gasteiger partial charge in [0.15, 0.2) is 0 Å². The first-order chi connectivity index (χ1) is 27.3. The molecule has 0 saturated heterocycles. The van der Waals surface area contributed by atoms with Gasteiger partial charge in [-0.3, -0.25) is 4.98 Å². The van der Waals surface area contributed by atoms with E-state index in [9.17, 15) is 0 Å². The Hall–Kier alpha value is -7.01. The molecule has 258 valence electrons. The largest absolute Gasteiger partial charge is 0.455 e. The highest BCUT2D eigenvalue weighted by molar-refractivity contribution is 7.25. The van der Waals surface area contributed by atoms with Crippen molar-refractivity contribution in [1.29, 1.82) is 0 Å². The first-order valence-electron chi connectivity index (χ1n) is 18.5. The molecule has 3 nitrogen and oxygen atoms in total. The second-order valence-electron chi connectivity index (χ2n) is 14.0. The molecule has 8 aromatic carbocycles. The molecule has 0 N–H and O–H groups in total. The molecule has 0 aliphatic carbocycles. The van der Waals surface area contributed by atoms with Crippen molar-refractivity contribution in [3.05, 3.63) is 194 Å². The normalized spacial score (nSPS) is 11.6. The quantitative estimate of drug-likeness (QED) is 0.171. The lowest BCUT2D eigenvalue weighted by atomic mass is 9.93. The van der Waals surface area contributed by atoms with Crippen LogP contribution in [0.25, 0.3) is 86.3 Å². The van der Waals surface area contributed by atoms with Gasteiger partial charge in [-0.05, 0) is 94.2 Å². The van der Waals surface area contributed by atoms with Crippen molar-refractivity contribution in [2.24, 2.45) is 0 Å². The van der Waals surface area contributed by atoms with Crippen molar-refractivity contribution in [3.63, 3.8) is 0 Å². The number of nitrogens with zero attached hydrogens (tertiary/aromatic N) is 2. The first-order valence-corrected chi connectivity index (χ1v) is 19.3. The van der Waals surface area contributed by atoms with Gasteiger partial charge in [0.2, 0.25) is 0 Å². The average Bonchev–Trinajstić information content (AvgIpc) is 3.84. The minimum Gasteiger partial charge on any atom is -0.455 e. The molecule has 0 unspecified atom stereocenters. The molecular weight excluding hydrogens is 689 g/mol. The van der Waals surface area contributed by atoms with Gasteiger partial charge in [-0.1, -0.05) is 115 Å². The van der Waals surface area contributed by atoms with Crippen LogP contribution in [0, 0.1) is 0 Å². The van der Waals surface area contributed by atoms with Crippen LogP contribution in [-0.2, 0) is 0 Å². The Morgan fingerprint density at radius 3 is 1.96 bits per heavy atom. The van der Waals surface area contributed by atoms with Crippen molar-refractivity contribution < 1.29 is 4.42 Å². The topological polar surface area (TPSA) is 29.3 Å². The van der Waals surface area contributed by atoms with Crippen LogP contribution in [0.1, 0.15) is 0 Å². The highest BCUT2D eigenvalue weighted by Crippen LogP contribution is 2.46. The third kappa shape index (κ3) is 5.30. The van der Waals surface area contributed by atoms with Gasteiger partial charge in [0.1, 0.15) is 11.2 Å². The maximum Gasteiger partial charge on any atom is 0.143 e. The summed E-state index contributed by atoms with van der Waals surface area (Å²) in [7, 11) is 0. The van der Waals surface area contributed by atoms with Gasteiger partial charge in [0, 0.05) is 77.1 Å². The van der Waals surface area contributed by atoms with Gasteiger partial charge >= 0.3 is 0 Å². The number of anilines is 3. The zero-order valence-corrected chi connectivity index (χ0v) is 30.5. The summed E-state index contributed by atoms with van der Waals surface area (Å²) in [5, 5.41) is 7.14. The van der Waals surface area contributed by atoms with Crippen molar-refractivity contribution >= 4 is 81.3 Å². The van der Waals surface area contributed by atoms with E-state index in [0.29, 0.717) is 0 Å². The number of furan rings is 1. The number of thiophene rings is 1. The molecular formula is C51H32N2OS. The highest BCUT2D eigenvalue weighted by Gasteiger charge is 2.21. The first kappa shape index (κ1) is 31.5. The Morgan fingerprint density at radius 2 is 1.11 bits per heavy atom. The molecule has 3 aromatic heterocycles. The van der Waals surface area contributed by atoms with Crippen molar-refractivity contribution in [2.45, 2.75) is 0 Å². The highest BCUT2D eigenvalue weighted by atomic mass is 32.1. The lowest BCUT2D eigenvalue weighted by Gasteiger charge is -2.26. The summed E-state index contributed by atoms with van der Waals surface area (Å²) in [5.41, 5.74) is 11.6. The van der Waals surface area contributed by atoms with E-state index in [2.05, 4.69) is 181 Å². The second kappa shape index (κ2) is 12.8. The fourth-order valence-electron chi connectivity index (χ4n) is 8.16. The molecule has 0 fully saturated rings. The summed E-state index contributed by atoms with van der Waals surface area (Å²) < 4.78 is 9.48. The van der Waals surface area contributed by atoms with Gasteiger partial charge in [-0.2, -0.15) is 0 Å². The van der Waals surface area contributed by atoms with E-state index in [0.717, 1.165) is 72.4 Å². The van der Waals surface area contributed by atoms with E-state index in [1.807, 2.05) is 29.8 Å². The number of aromatic nitrogens is 1. The van der Waals surface area contributed by atoms with Crippen LogP contribution in [0.5, 0.6) is 0 Å². The van der Waals surface area contributed by atoms with Crippen LogP contribution in [0.2, 0.25) is 0 Å². The van der Waals surface area contributed by atoms with E-state index >= 15 is 0 Å². The van der Waals surface area contributed by atoms with E-state index in [1.54, 1.807) is 0 Å². The number of pyridine rings is 1. The second-order valence-corrected chi connectivity index (χ2v) is 15.0. The van der Waals surface area contributed by atoms with Crippen LogP contribution in [0.15, 0.2) is 199 Å². The maximum atomic E-state index is 6.88. The Bertz CT molecular complexity index is 3200. The third-order valence-corrected chi connectivity index (χ3v) is 11.9. The Balaban J connectivity index is 1.07. The molecule has 4 heteroatoms. The van der Waals surface area contributed by atoms with Gasteiger partial charge in [-0.25, -0.2) is 0 Å². The number of fused-ring (bicyclic) bond motifs is 8. The Labute approximate surface area is 322 Å². The summed E-state index contributed by atoms with van der Waals surface area (Å²) in [6.07, 6.45) is 3.90. The summed E-state index contributed by atoms with van der Waals surface area (Å²) in [6, 6.07) is 65.0. The minimum absolute atomic E-state index is 0.860. The van der Waals surface area contributed by atoms with Crippen molar-refractivity contribution in [1.82, 2.24) is 4.98 Å². The monoisotopic (exact) mass is 720 g/mol. The number of benzene rings is 8. The van der Waals surface area contributed by atoms with E-state index < -0.39 is 0 Å². The average molecular weight is 721 g/mol. The number of hydrogen-bond acceptors (Lipinski definition) is 4. The predicted octanol–water partition coefficient (Wildman–Crippen LogP) is 15.0. The summed E-state index contributed by atoms with van der Waals surface area (Å²) in [4.78, 5) is 7.04. The number of hydrogen-bond donors (Lipinski definition) is 0. The fourth-order valence-corrected chi connectivity index (χ4v) is 9.25. The van der Waals surface area contributed by atoms with Crippen LogP contribution in [0.3, 0.4) is 0 Å². The molecule has 0 amide bonds. The summed E-state index contributed by atoms with van der Waals surface area (Å²) in [5.74, 6) is 0. The number of para-hydroxylation sites is 1. The van der Waals surface area contributed by atoms with Crippen LogP contribution < -0.4 is 4.90 Å². The lowest BCUT2D eigenvalue weighted by Crippen LogP contribution is -2.09. The Kier molecular flexibility index (Phi) is 7.35. The van der Waals surface area contributed by atoms with E-state index in [-0.39, 0.29) is 0 Å².